The predicted molar refractivity (Wildman–Crippen MR) is 110 cm³/mol. The first-order valence-corrected chi connectivity index (χ1v) is 9.22. The second-order valence-corrected chi connectivity index (χ2v) is 6.82. The van der Waals surface area contributed by atoms with Crippen LogP contribution in [0.25, 0.3) is 0 Å². The number of aromatic nitrogens is 1. The van der Waals surface area contributed by atoms with Gasteiger partial charge in [0.2, 0.25) is 5.88 Å². The Kier molecular flexibility index (Phi) is 6.25. The van der Waals surface area contributed by atoms with E-state index in [1.807, 2.05) is 0 Å². The molecule has 1 aromatic heterocycles. The van der Waals surface area contributed by atoms with Gasteiger partial charge in [-0.25, -0.2) is 0 Å². The molecule has 1 heterocycles. The Balaban J connectivity index is 2.14. The van der Waals surface area contributed by atoms with E-state index in [-0.39, 0.29) is 17.7 Å². The quantitative estimate of drug-likeness (QED) is 0.322. The van der Waals surface area contributed by atoms with Crippen molar-refractivity contribution in [3.8, 4) is 11.9 Å². The molecule has 0 radical (unpaired) electrons. The number of pyridine rings is 1. The van der Waals surface area contributed by atoms with E-state index in [0.29, 0.717) is 17.7 Å². The number of rotatable bonds is 5. The third-order valence-electron chi connectivity index (χ3n) is 4.71. The smallest absolute Gasteiger partial charge is 0.416 e. The average molecular weight is 457 g/mol. The van der Waals surface area contributed by atoms with Gasteiger partial charge < -0.3 is 5.11 Å². The topological polar surface area (TPSA) is 134 Å². The minimum atomic E-state index is -4.80. The van der Waals surface area contributed by atoms with Crippen molar-refractivity contribution in [2.24, 2.45) is 10.2 Å². The van der Waals surface area contributed by atoms with Crippen molar-refractivity contribution in [3.63, 3.8) is 0 Å². The minimum Gasteiger partial charge on any atom is -0.493 e. The summed E-state index contributed by atoms with van der Waals surface area (Å²) in [5, 5.41) is 38.4. The molecule has 33 heavy (non-hydrogen) atoms. The fourth-order valence-corrected chi connectivity index (χ4v) is 3.00. The van der Waals surface area contributed by atoms with Gasteiger partial charge in [-0.1, -0.05) is 30.3 Å². The number of nitro benzene ring substituents is 1. The Bertz CT molecular complexity index is 1360. The first kappa shape index (κ1) is 23.1. The molecule has 1 N–H and O–H groups in total. The van der Waals surface area contributed by atoms with Crippen molar-refractivity contribution in [1.29, 1.82) is 5.26 Å². The zero-order valence-corrected chi connectivity index (χ0v) is 16.9. The van der Waals surface area contributed by atoms with Crippen molar-refractivity contribution in [2.45, 2.75) is 19.6 Å². The van der Waals surface area contributed by atoms with Crippen LogP contribution in [0.15, 0.2) is 63.6 Å². The van der Waals surface area contributed by atoms with Crippen LogP contribution in [0.3, 0.4) is 0 Å². The Morgan fingerprint density at radius 1 is 1.18 bits per heavy atom. The van der Waals surface area contributed by atoms with Gasteiger partial charge >= 0.3 is 6.18 Å². The van der Waals surface area contributed by atoms with Crippen LogP contribution >= 0.6 is 0 Å². The Morgan fingerprint density at radius 2 is 1.85 bits per heavy atom. The van der Waals surface area contributed by atoms with Crippen molar-refractivity contribution >= 4 is 17.1 Å². The standard InChI is InChI=1S/C21H14F3N5O4/c1-12-15(10-25)19(30)28(11-13-5-3-2-4-6-13)20(31)18(12)27-26-16-8-7-14(21(22,23)24)9-17(16)29(32)33/h2-9,30H,11H2,1H3. The summed E-state index contributed by atoms with van der Waals surface area (Å²) in [4.78, 5) is 23.2. The number of alkyl halides is 3. The highest BCUT2D eigenvalue weighted by Gasteiger charge is 2.33. The number of nitriles is 1. The first-order chi connectivity index (χ1) is 15.5. The molecule has 2 aromatic carbocycles. The maximum atomic E-state index is 13.0. The Hall–Kier alpha value is -4.53. The molecule has 0 saturated heterocycles. The zero-order chi connectivity index (χ0) is 24.3. The molecular formula is C21H14F3N5O4. The third kappa shape index (κ3) is 4.72. The van der Waals surface area contributed by atoms with Crippen molar-refractivity contribution in [2.75, 3.05) is 0 Å². The van der Waals surface area contributed by atoms with E-state index in [1.165, 1.54) is 6.92 Å². The molecule has 0 saturated carbocycles. The van der Waals surface area contributed by atoms with Gasteiger partial charge in [0, 0.05) is 11.6 Å². The number of nitrogens with zero attached hydrogens (tertiary/aromatic N) is 5. The summed E-state index contributed by atoms with van der Waals surface area (Å²) < 4.78 is 39.6. The summed E-state index contributed by atoms with van der Waals surface area (Å²) in [7, 11) is 0. The van der Waals surface area contributed by atoms with Crippen LogP contribution in [0.4, 0.5) is 30.2 Å². The molecule has 9 nitrogen and oxygen atoms in total. The number of hydrogen-bond acceptors (Lipinski definition) is 7. The summed E-state index contributed by atoms with van der Waals surface area (Å²) in [5.41, 5.74) is -3.64. The molecule has 3 aromatic rings. The highest BCUT2D eigenvalue weighted by molar-refractivity contribution is 5.60. The average Bonchev–Trinajstić information content (AvgIpc) is 2.77. The summed E-state index contributed by atoms with van der Waals surface area (Å²) in [6, 6.07) is 12.0. The van der Waals surface area contributed by atoms with Crippen LogP contribution in [0, 0.1) is 28.4 Å². The van der Waals surface area contributed by atoms with Crippen LogP contribution in [-0.2, 0) is 12.7 Å². The summed E-state index contributed by atoms with van der Waals surface area (Å²) in [5.74, 6) is -0.594. The third-order valence-corrected chi connectivity index (χ3v) is 4.71. The number of aromatic hydroxyl groups is 1. The highest BCUT2D eigenvalue weighted by atomic mass is 19.4. The lowest BCUT2D eigenvalue weighted by Crippen LogP contribution is -2.22. The maximum absolute atomic E-state index is 13.0. The molecule has 0 aliphatic rings. The number of azo groups is 1. The minimum absolute atomic E-state index is 0.0392. The lowest BCUT2D eigenvalue weighted by atomic mass is 10.1. The maximum Gasteiger partial charge on any atom is 0.416 e. The van der Waals surface area contributed by atoms with Gasteiger partial charge in [0.1, 0.15) is 11.6 Å². The van der Waals surface area contributed by atoms with Crippen molar-refractivity contribution in [1.82, 2.24) is 4.57 Å². The summed E-state index contributed by atoms with van der Waals surface area (Å²) in [6.45, 7) is 1.21. The van der Waals surface area contributed by atoms with Crippen LogP contribution in [0.5, 0.6) is 5.88 Å². The summed E-state index contributed by atoms with van der Waals surface area (Å²) >= 11 is 0. The molecule has 3 rings (SSSR count). The second-order valence-electron chi connectivity index (χ2n) is 6.82. The normalized spacial score (nSPS) is 11.5. The molecule has 0 atom stereocenters. The fourth-order valence-electron chi connectivity index (χ4n) is 3.00. The fraction of sp³-hybridized carbons (Fsp3) is 0.143. The number of hydrogen-bond donors (Lipinski definition) is 1. The van der Waals surface area contributed by atoms with Gasteiger partial charge in [-0.3, -0.25) is 19.5 Å². The molecule has 0 aliphatic heterocycles. The van der Waals surface area contributed by atoms with Crippen molar-refractivity contribution in [3.05, 3.63) is 91.3 Å². The monoisotopic (exact) mass is 457 g/mol. The molecule has 12 heteroatoms. The number of nitro groups is 1. The first-order valence-electron chi connectivity index (χ1n) is 9.22. The number of benzene rings is 2. The molecule has 0 amide bonds. The molecule has 0 unspecified atom stereocenters. The zero-order valence-electron chi connectivity index (χ0n) is 16.9. The molecule has 0 aliphatic carbocycles. The van der Waals surface area contributed by atoms with Crippen LogP contribution < -0.4 is 5.56 Å². The van der Waals surface area contributed by atoms with E-state index in [4.69, 9.17) is 0 Å². The Morgan fingerprint density at radius 3 is 2.42 bits per heavy atom. The van der Waals surface area contributed by atoms with E-state index in [0.717, 1.165) is 10.6 Å². The van der Waals surface area contributed by atoms with Gasteiger partial charge in [0.15, 0.2) is 11.4 Å². The predicted octanol–water partition coefficient (Wildman–Crippen LogP) is 5.12. The summed E-state index contributed by atoms with van der Waals surface area (Å²) in [6.07, 6.45) is -4.80. The molecular weight excluding hydrogens is 443 g/mol. The highest BCUT2D eigenvalue weighted by Crippen LogP contribution is 2.37. The van der Waals surface area contributed by atoms with Gasteiger partial charge in [-0.2, -0.15) is 18.4 Å². The van der Waals surface area contributed by atoms with Crippen molar-refractivity contribution < 1.29 is 23.2 Å². The van der Waals surface area contributed by atoms with Gasteiger partial charge in [-0.05, 0) is 24.6 Å². The van der Waals surface area contributed by atoms with E-state index in [9.17, 15) is 38.4 Å². The van der Waals surface area contributed by atoms with E-state index < -0.39 is 45.2 Å². The molecule has 168 valence electrons. The van der Waals surface area contributed by atoms with Gasteiger partial charge in [0.25, 0.3) is 11.2 Å². The van der Waals surface area contributed by atoms with E-state index in [2.05, 4.69) is 10.2 Å². The van der Waals surface area contributed by atoms with Crippen LogP contribution in [0.1, 0.15) is 22.3 Å². The molecule has 0 spiro atoms. The largest absolute Gasteiger partial charge is 0.493 e. The second kappa shape index (κ2) is 8.91. The Labute approximate surface area is 183 Å². The van der Waals surface area contributed by atoms with Gasteiger partial charge in [0.05, 0.1) is 17.0 Å². The van der Waals surface area contributed by atoms with Crippen LogP contribution in [-0.4, -0.2) is 14.6 Å². The molecule has 0 fully saturated rings. The lowest BCUT2D eigenvalue weighted by molar-refractivity contribution is -0.384. The lowest BCUT2D eigenvalue weighted by Gasteiger charge is -2.13. The molecule has 0 bridgehead atoms. The van der Waals surface area contributed by atoms with Crippen LogP contribution in [0.2, 0.25) is 0 Å². The van der Waals surface area contributed by atoms with Gasteiger partial charge in [-0.15, -0.1) is 10.2 Å². The SMILES string of the molecule is Cc1c(C#N)c(O)n(Cc2ccccc2)c(=O)c1N=Nc1ccc(C(F)(F)F)cc1[N+](=O)[O-]. The number of halogens is 3. The van der Waals surface area contributed by atoms with E-state index in [1.54, 1.807) is 36.4 Å². The van der Waals surface area contributed by atoms with E-state index >= 15 is 0 Å².